The predicted octanol–water partition coefficient (Wildman–Crippen LogP) is 2.56. The van der Waals surface area contributed by atoms with E-state index in [9.17, 15) is 4.79 Å². The summed E-state index contributed by atoms with van der Waals surface area (Å²) in [5, 5.41) is 3.14. The zero-order valence-electron chi connectivity index (χ0n) is 12.5. The molecule has 0 saturated heterocycles. The number of hydrogen-bond acceptors (Lipinski definition) is 3. The number of likely N-dealkylation sites (N-methyl/N-ethyl adjacent to an activating group) is 1. The van der Waals surface area contributed by atoms with Gasteiger partial charge in [-0.15, -0.1) is 0 Å². The first kappa shape index (κ1) is 12.9. The Morgan fingerprint density at radius 2 is 2.09 bits per heavy atom. The van der Waals surface area contributed by atoms with Crippen LogP contribution in [0.25, 0.3) is 16.9 Å². The molecule has 0 radical (unpaired) electrons. The summed E-state index contributed by atoms with van der Waals surface area (Å²) >= 11 is 0. The first-order valence-corrected chi connectivity index (χ1v) is 7.22. The summed E-state index contributed by atoms with van der Waals surface area (Å²) in [4.78, 5) is 18.2. The van der Waals surface area contributed by atoms with Crippen LogP contribution in [-0.4, -0.2) is 29.4 Å². The number of aromatic nitrogens is 2. The Kier molecular flexibility index (Phi) is 2.69. The van der Waals surface area contributed by atoms with Gasteiger partial charge in [0.1, 0.15) is 5.65 Å². The fraction of sp³-hybridized carbons (Fsp3) is 0.176. The van der Waals surface area contributed by atoms with Gasteiger partial charge in [0.05, 0.1) is 24.0 Å². The minimum atomic E-state index is 0.132. The molecule has 0 spiro atoms. The van der Waals surface area contributed by atoms with E-state index in [1.807, 2.05) is 50.8 Å². The third kappa shape index (κ3) is 1.72. The molecule has 0 atom stereocenters. The standard InChI is InChI=1S/C17H16N4O/c1-18-11-6-7-16-19-9-15(21(16)10-11)12-4-3-5-14-13(12)8-17(22)20(14)2/h3-7,9-10,18H,8H2,1-2H3. The molecule has 5 heteroatoms. The summed E-state index contributed by atoms with van der Waals surface area (Å²) in [6, 6.07) is 10.0. The molecule has 1 aliphatic rings. The number of pyridine rings is 1. The molecule has 5 nitrogen and oxygen atoms in total. The van der Waals surface area contributed by atoms with E-state index in [2.05, 4.69) is 20.8 Å². The average molecular weight is 292 g/mol. The van der Waals surface area contributed by atoms with Crippen LogP contribution in [0.2, 0.25) is 0 Å². The highest BCUT2D eigenvalue weighted by atomic mass is 16.2. The van der Waals surface area contributed by atoms with Crippen LogP contribution in [0.15, 0.2) is 42.7 Å². The van der Waals surface area contributed by atoms with Crippen molar-refractivity contribution in [1.82, 2.24) is 9.38 Å². The largest absolute Gasteiger partial charge is 0.387 e. The lowest BCUT2D eigenvalue weighted by molar-refractivity contribution is -0.117. The van der Waals surface area contributed by atoms with E-state index in [1.54, 1.807) is 4.90 Å². The van der Waals surface area contributed by atoms with E-state index >= 15 is 0 Å². The zero-order chi connectivity index (χ0) is 15.3. The van der Waals surface area contributed by atoms with Gasteiger partial charge in [0, 0.05) is 31.5 Å². The van der Waals surface area contributed by atoms with Gasteiger partial charge in [0.2, 0.25) is 5.91 Å². The Morgan fingerprint density at radius 1 is 1.23 bits per heavy atom. The summed E-state index contributed by atoms with van der Waals surface area (Å²) < 4.78 is 2.06. The fourth-order valence-electron chi connectivity index (χ4n) is 3.05. The number of carbonyl (C=O) groups excluding carboxylic acids is 1. The summed E-state index contributed by atoms with van der Waals surface area (Å²) in [5.41, 5.74) is 6.05. The molecule has 0 aliphatic carbocycles. The lowest BCUT2D eigenvalue weighted by Crippen LogP contribution is -2.20. The van der Waals surface area contributed by atoms with Crippen molar-refractivity contribution in [3.63, 3.8) is 0 Å². The van der Waals surface area contributed by atoms with E-state index in [1.165, 1.54) is 0 Å². The van der Waals surface area contributed by atoms with Gasteiger partial charge in [0.15, 0.2) is 0 Å². The van der Waals surface area contributed by atoms with Crippen LogP contribution in [0, 0.1) is 0 Å². The van der Waals surface area contributed by atoms with Crippen LogP contribution in [0.5, 0.6) is 0 Å². The van der Waals surface area contributed by atoms with Crippen molar-refractivity contribution in [2.24, 2.45) is 0 Å². The monoisotopic (exact) mass is 292 g/mol. The van der Waals surface area contributed by atoms with Gasteiger partial charge in [-0.3, -0.25) is 9.20 Å². The molecule has 1 aromatic carbocycles. The number of rotatable bonds is 2. The Labute approximate surface area is 128 Å². The summed E-state index contributed by atoms with van der Waals surface area (Å²) in [5.74, 6) is 0.132. The minimum Gasteiger partial charge on any atom is -0.387 e. The van der Waals surface area contributed by atoms with Crippen LogP contribution < -0.4 is 10.2 Å². The average Bonchev–Trinajstić information content (AvgIpc) is 3.08. The molecule has 22 heavy (non-hydrogen) atoms. The van der Waals surface area contributed by atoms with Gasteiger partial charge >= 0.3 is 0 Å². The molecule has 110 valence electrons. The van der Waals surface area contributed by atoms with Crippen molar-refractivity contribution in [3.8, 4) is 11.3 Å². The molecule has 4 rings (SSSR count). The number of amides is 1. The zero-order valence-corrected chi connectivity index (χ0v) is 12.5. The predicted molar refractivity (Wildman–Crippen MR) is 87.3 cm³/mol. The first-order valence-electron chi connectivity index (χ1n) is 7.22. The maximum absolute atomic E-state index is 12.0. The first-order chi connectivity index (χ1) is 10.7. The molecular formula is C17H16N4O. The van der Waals surface area contributed by atoms with Crippen molar-refractivity contribution in [2.45, 2.75) is 6.42 Å². The van der Waals surface area contributed by atoms with E-state index in [0.717, 1.165) is 33.8 Å². The highest BCUT2D eigenvalue weighted by molar-refractivity contribution is 6.03. The molecule has 3 heterocycles. The molecule has 1 amide bonds. The number of hydrogen-bond donors (Lipinski definition) is 1. The lowest BCUT2D eigenvalue weighted by Gasteiger charge is -2.12. The second kappa shape index (κ2) is 4.59. The highest BCUT2D eigenvalue weighted by Gasteiger charge is 2.27. The lowest BCUT2D eigenvalue weighted by atomic mass is 10.0. The Balaban J connectivity index is 1.96. The van der Waals surface area contributed by atoms with Gasteiger partial charge in [-0.05, 0) is 23.8 Å². The van der Waals surface area contributed by atoms with Gasteiger partial charge in [-0.1, -0.05) is 12.1 Å². The number of anilines is 2. The number of fused-ring (bicyclic) bond motifs is 2. The molecule has 3 aromatic rings. The van der Waals surface area contributed by atoms with Gasteiger partial charge in [-0.25, -0.2) is 4.98 Å². The second-order valence-corrected chi connectivity index (χ2v) is 5.47. The summed E-state index contributed by atoms with van der Waals surface area (Å²) in [6.07, 6.45) is 4.34. The van der Waals surface area contributed by atoms with Crippen LogP contribution in [-0.2, 0) is 11.2 Å². The number of nitrogens with zero attached hydrogens (tertiary/aromatic N) is 3. The molecule has 0 bridgehead atoms. The van der Waals surface area contributed by atoms with Gasteiger partial charge in [0.25, 0.3) is 0 Å². The molecule has 2 aromatic heterocycles. The van der Waals surface area contributed by atoms with Crippen molar-refractivity contribution in [1.29, 1.82) is 0 Å². The molecule has 0 unspecified atom stereocenters. The minimum absolute atomic E-state index is 0.132. The Bertz CT molecular complexity index is 897. The fourth-order valence-corrected chi connectivity index (χ4v) is 3.05. The maximum Gasteiger partial charge on any atom is 0.231 e. The van der Waals surface area contributed by atoms with Crippen molar-refractivity contribution in [2.75, 3.05) is 24.3 Å². The van der Waals surface area contributed by atoms with Crippen molar-refractivity contribution >= 4 is 22.9 Å². The number of imidazole rings is 1. The third-order valence-corrected chi connectivity index (χ3v) is 4.28. The quantitative estimate of drug-likeness (QED) is 0.789. The molecule has 0 saturated carbocycles. The van der Waals surface area contributed by atoms with E-state index in [-0.39, 0.29) is 5.91 Å². The summed E-state index contributed by atoms with van der Waals surface area (Å²) in [7, 11) is 3.72. The van der Waals surface area contributed by atoms with Crippen LogP contribution >= 0.6 is 0 Å². The normalized spacial score (nSPS) is 13.7. The highest BCUT2D eigenvalue weighted by Crippen LogP contribution is 2.36. The molecule has 1 aliphatic heterocycles. The topological polar surface area (TPSA) is 49.6 Å². The second-order valence-electron chi connectivity index (χ2n) is 5.47. The molecule has 0 fully saturated rings. The Morgan fingerprint density at radius 3 is 2.91 bits per heavy atom. The molecular weight excluding hydrogens is 276 g/mol. The molecule has 1 N–H and O–H groups in total. The van der Waals surface area contributed by atoms with Crippen LogP contribution in [0.1, 0.15) is 5.56 Å². The maximum atomic E-state index is 12.0. The van der Waals surface area contributed by atoms with E-state index in [4.69, 9.17) is 0 Å². The van der Waals surface area contributed by atoms with Crippen molar-refractivity contribution < 1.29 is 4.79 Å². The van der Waals surface area contributed by atoms with Crippen molar-refractivity contribution in [3.05, 3.63) is 48.3 Å². The smallest absolute Gasteiger partial charge is 0.231 e. The SMILES string of the molecule is CNc1ccc2ncc(-c3cccc4c3CC(=O)N4C)n2c1. The van der Waals surface area contributed by atoms with Gasteiger partial charge < -0.3 is 10.2 Å². The van der Waals surface area contributed by atoms with Crippen LogP contribution in [0.3, 0.4) is 0 Å². The van der Waals surface area contributed by atoms with Gasteiger partial charge in [-0.2, -0.15) is 0 Å². The number of carbonyl (C=O) groups is 1. The van der Waals surface area contributed by atoms with E-state index in [0.29, 0.717) is 6.42 Å². The number of nitrogens with one attached hydrogen (secondary N) is 1. The summed E-state index contributed by atoms with van der Waals surface area (Å²) in [6.45, 7) is 0. The van der Waals surface area contributed by atoms with E-state index < -0.39 is 0 Å². The number of benzene rings is 1. The third-order valence-electron chi connectivity index (χ3n) is 4.28. The Hall–Kier alpha value is -2.82. The van der Waals surface area contributed by atoms with Crippen LogP contribution in [0.4, 0.5) is 11.4 Å².